The van der Waals surface area contributed by atoms with Crippen molar-refractivity contribution in [3.8, 4) is 0 Å². The summed E-state index contributed by atoms with van der Waals surface area (Å²) in [6, 6.07) is 5.78. The fourth-order valence-electron chi connectivity index (χ4n) is 3.79. The first-order valence-electron chi connectivity index (χ1n) is 9.25. The monoisotopic (exact) mass is 383 g/mol. The average Bonchev–Trinajstić information content (AvgIpc) is 2.65. The lowest BCUT2D eigenvalue weighted by atomic mass is 9.94. The minimum atomic E-state index is 0.180. The van der Waals surface area contributed by atoms with E-state index < -0.39 is 0 Å². The molecule has 2 aliphatic rings. The molecule has 1 aromatic rings. The zero-order chi connectivity index (χ0) is 17.8. The molecule has 1 amide bonds. The Bertz CT molecular complexity index is 594. The first kappa shape index (κ1) is 19.0. The summed E-state index contributed by atoms with van der Waals surface area (Å²) in [6.45, 7) is 9.71. The first-order chi connectivity index (χ1) is 12.1. The van der Waals surface area contributed by atoms with Crippen molar-refractivity contribution in [2.24, 2.45) is 5.92 Å². The van der Waals surface area contributed by atoms with Crippen molar-refractivity contribution in [2.75, 3.05) is 45.8 Å². The second-order valence-corrected chi connectivity index (χ2v) is 7.81. The number of amides is 1. The molecular formula is C19H27Cl2N3O. The van der Waals surface area contributed by atoms with Crippen molar-refractivity contribution in [3.05, 3.63) is 33.8 Å². The third-order valence-corrected chi connectivity index (χ3v) is 6.35. The van der Waals surface area contributed by atoms with Gasteiger partial charge in [-0.05, 0) is 44.1 Å². The van der Waals surface area contributed by atoms with Crippen LogP contribution in [0.15, 0.2) is 18.2 Å². The van der Waals surface area contributed by atoms with Crippen LogP contribution in [-0.4, -0.2) is 66.4 Å². The van der Waals surface area contributed by atoms with Crippen molar-refractivity contribution in [1.29, 1.82) is 0 Å². The molecule has 2 aliphatic heterocycles. The molecule has 25 heavy (non-hydrogen) atoms. The molecule has 2 saturated heterocycles. The molecule has 1 aromatic carbocycles. The Morgan fingerprint density at radius 3 is 2.36 bits per heavy atom. The molecule has 0 aliphatic carbocycles. The molecule has 4 nitrogen and oxygen atoms in total. The zero-order valence-corrected chi connectivity index (χ0v) is 16.4. The van der Waals surface area contributed by atoms with E-state index in [0.717, 1.165) is 70.8 Å². The molecule has 138 valence electrons. The number of piperazine rings is 1. The van der Waals surface area contributed by atoms with Crippen LogP contribution in [0.3, 0.4) is 0 Å². The number of hydrogen-bond donors (Lipinski definition) is 0. The first-order valence-corrected chi connectivity index (χ1v) is 10.0. The highest BCUT2D eigenvalue weighted by atomic mass is 35.5. The Morgan fingerprint density at radius 2 is 1.72 bits per heavy atom. The van der Waals surface area contributed by atoms with Crippen LogP contribution >= 0.6 is 23.2 Å². The Kier molecular flexibility index (Phi) is 6.61. The molecule has 0 radical (unpaired) electrons. The summed E-state index contributed by atoms with van der Waals surface area (Å²) in [6.07, 6.45) is 1.87. The van der Waals surface area contributed by atoms with Crippen molar-refractivity contribution in [1.82, 2.24) is 14.7 Å². The quantitative estimate of drug-likeness (QED) is 0.797. The van der Waals surface area contributed by atoms with Crippen molar-refractivity contribution >= 4 is 29.1 Å². The third kappa shape index (κ3) is 4.68. The highest BCUT2D eigenvalue weighted by molar-refractivity contribution is 6.42. The fraction of sp³-hybridized carbons (Fsp3) is 0.632. The lowest BCUT2D eigenvalue weighted by Crippen LogP contribution is -2.51. The Balaban J connectivity index is 1.48. The van der Waals surface area contributed by atoms with Crippen LogP contribution in [0.25, 0.3) is 0 Å². The summed E-state index contributed by atoms with van der Waals surface area (Å²) < 4.78 is 0. The van der Waals surface area contributed by atoms with Crippen molar-refractivity contribution in [3.63, 3.8) is 0 Å². The number of piperidine rings is 1. The third-order valence-electron chi connectivity index (χ3n) is 5.49. The van der Waals surface area contributed by atoms with Crippen molar-refractivity contribution in [2.45, 2.75) is 26.3 Å². The van der Waals surface area contributed by atoms with Crippen LogP contribution in [0.4, 0.5) is 0 Å². The predicted octanol–water partition coefficient (Wildman–Crippen LogP) is 3.37. The number of likely N-dealkylation sites (N-methyl/N-ethyl adjacent to an activating group) is 1. The lowest BCUT2D eigenvalue weighted by Gasteiger charge is -2.38. The van der Waals surface area contributed by atoms with Gasteiger partial charge in [-0.3, -0.25) is 9.69 Å². The summed E-state index contributed by atoms with van der Waals surface area (Å²) in [7, 11) is 0. The molecule has 0 N–H and O–H groups in total. The predicted molar refractivity (Wildman–Crippen MR) is 103 cm³/mol. The maximum atomic E-state index is 12.8. The fourth-order valence-corrected chi connectivity index (χ4v) is 4.17. The van der Waals surface area contributed by atoms with Crippen LogP contribution in [0.5, 0.6) is 0 Å². The van der Waals surface area contributed by atoms with Gasteiger partial charge in [0.2, 0.25) is 5.91 Å². The largest absolute Gasteiger partial charge is 0.340 e. The van der Waals surface area contributed by atoms with Gasteiger partial charge in [0.25, 0.3) is 0 Å². The number of halogens is 2. The standard InChI is InChI=1S/C19H27Cl2N3O/c1-2-22-10-12-24(13-11-22)19(25)15-6-8-23(9-7-15)14-16-4-3-5-17(20)18(16)21/h3-5,15H,2,6-14H2,1H3. The van der Waals surface area contributed by atoms with Crippen LogP contribution in [0, 0.1) is 5.92 Å². The molecule has 0 unspecified atom stereocenters. The second kappa shape index (κ2) is 8.72. The van der Waals surface area contributed by atoms with Crippen LogP contribution < -0.4 is 0 Å². The van der Waals surface area contributed by atoms with Crippen molar-refractivity contribution < 1.29 is 4.79 Å². The van der Waals surface area contributed by atoms with Gasteiger partial charge in [0.05, 0.1) is 10.0 Å². The molecule has 0 bridgehead atoms. The number of carbonyl (C=O) groups is 1. The molecule has 0 saturated carbocycles. The maximum Gasteiger partial charge on any atom is 0.225 e. The second-order valence-electron chi connectivity index (χ2n) is 7.02. The van der Waals surface area contributed by atoms with Gasteiger partial charge in [-0.2, -0.15) is 0 Å². The van der Waals surface area contributed by atoms with E-state index in [1.54, 1.807) is 0 Å². The minimum absolute atomic E-state index is 0.180. The molecule has 6 heteroatoms. The van der Waals surface area contributed by atoms with Gasteiger partial charge in [0, 0.05) is 38.6 Å². The smallest absolute Gasteiger partial charge is 0.225 e. The van der Waals surface area contributed by atoms with E-state index in [1.807, 2.05) is 18.2 Å². The normalized spacial score (nSPS) is 20.8. The van der Waals surface area contributed by atoms with Crippen LogP contribution in [0.1, 0.15) is 25.3 Å². The highest BCUT2D eigenvalue weighted by Gasteiger charge is 2.30. The summed E-state index contributed by atoms with van der Waals surface area (Å²) in [4.78, 5) is 19.6. The van der Waals surface area contributed by atoms with Gasteiger partial charge in [-0.15, -0.1) is 0 Å². The molecule has 0 atom stereocenters. The van der Waals surface area contributed by atoms with Gasteiger partial charge in [0.1, 0.15) is 0 Å². The van der Waals surface area contributed by atoms with E-state index in [2.05, 4.69) is 21.6 Å². The minimum Gasteiger partial charge on any atom is -0.340 e. The van der Waals surface area contributed by atoms with E-state index >= 15 is 0 Å². The number of carbonyl (C=O) groups excluding carboxylic acids is 1. The lowest BCUT2D eigenvalue weighted by molar-refractivity contribution is -0.138. The number of likely N-dealkylation sites (tertiary alicyclic amines) is 1. The molecular weight excluding hydrogens is 357 g/mol. The highest BCUT2D eigenvalue weighted by Crippen LogP contribution is 2.28. The SMILES string of the molecule is CCN1CCN(C(=O)C2CCN(Cc3cccc(Cl)c3Cl)CC2)CC1. The molecule has 2 heterocycles. The van der Waals surface area contributed by atoms with Crippen LogP contribution in [0.2, 0.25) is 10.0 Å². The average molecular weight is 384 g/mol. The number of hydrogen-bond acceptors (Lipinski definition) is 3. The Hall–Kier alpha value is -0.810. The van der Waals surface area contributed by atoms with Gasteiger partial charge in [-0.25, -0.2) is 0 Å². The van der Waals surface area contributed by atoms with Gasteiger partial charge >= 0.3 is 0 Å². The molecule has 2 fully saturated rings. The molecule has 0 spiro atoms. The summed E-state index contributed by atoms with van der Waals surface area (Å²) in [5.74, 6) is 0.537. The summed E-state index contributed by atoms with van der Waals surface area (Å²) in [5, 5.41) is 1.26. The van der Waals surface area contributed by atoms with E-state index in [1.165, 1.54) is 0 Å². The number of nitrogens with zero attached hydrogens (tertiary/aromatic N) is 3. The summed E-state index contributed by atoms with van der Waals surface area (Å²) >= 11 is 12.4. The number of rotatable bonds is 4. The Morgan fingerprint density at radius 1 is 1.04 bits per heavy atom. The van der Waals surface area contributed by atoms with Gasteiger partial charge in [-0.1, -0.05) is 42.3 Å². The van der Waals surface area contributed by atoms with E-state index in [4.69, 9.17) is 23.2 Å². The topological polar surface area (TPSA) is 26.8 Å². The maximum absolute atomic E-state index is 12.8. The summed E-state index contributed by atoms with van der Waals surface area (Å²) in [5.41, 5.74) is 1.06. The van der Waals surface area contributed by atoms with E-state index in [-0.39, 0.29) is 5.92 Å². The van der Waals surface area contributed by atoms with Gasteiger partial charge < -0.3 is 9.80 Å². The zero-order valence-electron chi connectivity index (χ0n) is 14.9. The van der Waals surface area contributed by atoms with Gasteiger partial charge in [0.15, 0.2) is 0 Å². The van der Waals surface area contributed by atoms with E-state index in [0.29, 0.717) is 16.0 Å². The molecule has 0 aromatic heterocycles. The van der Waals surface area contributed by atoms with E-state index in [9.17, 15) is 4.79 Å². The van der Waals surface area contributed by atoms with Crippen LogP contribution in [-0.2, 0) is 11.3 Å². The Labute approximate surface area is 160 Å². The molecule has 3 rings (SSSR count). The number of benzene rings is 1.